The average Bonchev–Trinajstić information content (AvgIpc) is 3.96. The third-order valence-corrected chi connectivity index (χ3v) is 10.7. The van der Waals surface area contributed by atoms with Crippen LogP contribution in [-0.4, -0.2) is 82.5 Å². The molecule has 0 aliphatic carbocycles. The van der Waals surface area contributed by atoms with E-state index >= 15 is 0 Å². The molecule has 53 heavy (non-hydrogen) atoms. The largest absolute Gasteiger partial charge is 0.444 e. The van der Waals surface area contributed by atoms with Gasteiger partial charge in [0.25, 0.3) is 0 Å². The van der Waals surface area contributed by atoms with Crippen molar-refractivity contribution in [2.24, 2.45) is 5.10 Å². The standard InChI is InChI=1S/C38H49N9O4S2/c1-27(2)36-43-32(23-52-36)21-46(3)37(49)45-34(16-17-47-24-40-41-25-47)35(48)42-30(18-28-10-6-4-7-11-28)14-15-31(19-29-12-8-5-9-13-29)44-38(50)51-22-33-20-39-26-53-33/h4-13,20,23-24,26-27,30-31,34,41H,14-19,21-22,25H2,1-3H3,(H,42,48)(H,44,50)(H,45,49)/t30-,31-,34-/m0/s1. The molecule has 0 bridgehead atoms. The molecule has 13 nitrogen and oxygen atoms in total. The maximum absolute atomic E-state index is 14.1. The second kappa shape index (κ2) is 20.3. The number of carbonyl (C=O) groups is 3. The summed E-state index contributed by atoms with van der Waals surface area (Å²) in [6.45, 7) is 5.69. The minimum atomic E-state index is -0.807. The molecule has 4 amide bonds. The zero-order valence-corrected chi connectivity index (χ0v) is 32.1. The smallest absolute Gasteiger partial charge is 0.407 e. The lowest BCUT2D eigenvalue weighted by atomic mass is 9.95. The highest BCUT2D eigenvalue weighted by molar-refractivity contribution is 7.09. The molecule has 4 aromatic rings. The van der Waals surface area contributed by atoms with Crippen LogP contribution in [0.15, 0.2) is 82.9 Å². The first-order valence-electron chi connectivity index (χ1n) is 17.9. The van der Waals surface area contributed by atoms with Gasteiger partial charge in [0.2, 0.25) is 5.91 Å². The lowest BCUT2D eigenvalue weighted by Crippen LogP contribution is -2.53. The van der Waals surface area contributed by atoms with Crippen molar-refractivity contribution < 1.29 is 19.1 Å². The highest BCUT2D eigenvalue weighted by Crippen LogP contribution is 2.20. The molecule has 0 fully saturated rings. The van der Waals surface area contributed by atoms with Crippen LogP contribution < -0.4 is 21.4 Å². The number of thiazole rings is 2. The Morgan fingerprint density at radius 2 is 1.60 bits per heavy atom. The third kappa shape index (κ3) is 13.2. The maximum atomic E-state index is 14.1. The van der Waals surface area contributed by atoms with Gasteiger partial charge in [0.05, 0.1) is 27.6 Å². The van der Waals surface area contributed by atoms with Crippen LogP contribution in [0.1, 0.15) is 65.7 Å². The third-order valence-electron chi connectivity index (χ3n) is 8.73. The average molecular weight is 760 g/mol. The number of ether oxygens (including phenoxy) is 1. The van der Waals surface area contributed by atoms with Crippen LogP contribution in [0, 0.1) is 0 Å². The van der Waals surface area contributed by atoms with E-state index in [2.05, 4.69) is 50.3 Å². The summed E-state index contributed by atoms with van der Waals surface area (Å²) in [4.78, 5) is 53.7. The van der Waals surface area contributed by atoms with E-state index in [1.807, 2.05) is 70.9 Å². The lowest BCUT2D eigenvalue weighted by Gasteiger charge is -2.28. The van der Waals surface area contributed by atoms with Gasteiger partial charge in [-0.25, -0.2) is 14.6 Å². The first-order chi connectivity index (χ1) is 25.7. The van der Waals surface area contributed by atoms with E-state index < -0.39 is 12.1 Å². The molecular formula is C38H49N9O4S2. The number of hydrogen-bond donors (Lipinski definition) is 4. The Labute approximate surface area is 319 Å². The minimum Gasteiger partial charge on any atom is -0.444 e. The molecule has 282 valence electrons. The van der Waals surface area contributed by atoms with Crippen LogP contribution in [0.25, 0.3) is 0 Å². The van der Waals surface area contributed by atoms with Crippen LogP contribution in [0.4, 0.5) is 9.59 Å². The quantitative estimate of drug-likeness (QED) is 0.0982. The van der Waals surface area contributed by atoms with E-state index in [0.717, 1.165) is 26.7 Å². The molecule has 2 aromatic carbocycles. The lowest BCUT2D eigenvalue weighted by molar-refractivity contribution is -0.124. The number of aromatic nitrogens is 2. The van der Waals surface area contributed by atoms with Crippen molar-refractivity contribution in [3.05, 3.63) is 104 Å². The molecule has 4 N–H and O–H groups in total. The number of rotatable bonds is 19. The Hall–Kier alpha value is -5.02. The van der Waals surface area contributed by atoms with Gasteiger partial charge in [-0.05, 0) is 43.2 Å². The second-order valence-corrected chi connectivity index (χ2v) is 15.3. The SMILES string of the molecule is CC(C)c1nc(CN(C)C(=O)N[C@@H](CCN2C=NNC2)C(=O)N[C@@H](CC[C@@H](Cc2ccccc2)NC(=O)OCc2cncs2)Cc2ccccc2)cs1. The first-order valence-corrected chi connectivity index (χ1v) is 19.6. The summed E-state index contributed by atoms with van der Waals surface area (Å²) in [5.41, 5.74) is 7.56. The Morgan fingerprint density at radius 3 is 2.19 bits per heavy atom. The van der Waals surface area contributed by atoms with Crippen LogP contribution in [0.5, 0.6) is 0 Å². The molecule has 1 aliphatic rings. The topological polar surface area (TPSA) is 153 Å². The first kappa shape index (κ1) is 39.2. The zero-order valence-electron chi connectivity index (χ0n) is 30.4. The van der Waals surface area contributed by atoms with Crippen LogP contribution in [0.3, 0.4) is 0 Å². The van der Waals surface area contributed by atoms with Crippen molar-refractivity contribution in [3.8, 4) is 0 Å². The summed E-state index contributed by atoms with van der Waals surface area (Å²) in [6.07, 6.45) is 5.55. The van der Waals surface area contributed by atoms with E-state index in [4.69, 9.17) is 4.74 Å². The second-order valence-electron chi connectivity index (χ2n) is 13.4. The Bertz CT molecular complexity index is 1740. The summed E-state index contributed by atoms with van der Waals surface area (Å²) in [7, 11) is 1.70. The molecular weight excluding hydrogens is 711 g/mol. The summed E-state index contributed by atoms with van der Waals surface area (Å²) in [5.74, 6) is 0.0323. The Morgan fingerprint density at radius 1 is 0.925 bits per heavy atom. The van der Waals surface area contributed by atoms with E-state index in [9.17, 15) is 14.4 Å². The predicted molar refractivity (Wildman–Crippen MR) is 208 cm³/mol. The summed E-state index contributed by atoms with van der Waals surface area (Å²) >= 11 is 3.01. The summed E-state index contributed by atoms with van der Waals surface area (Å²) in [6, 6.07) is 18.3. The fourth-order valence-electron chi connectivity index (χ4n) is 5.84. The van der Waals surface area contributed by atoms with Crippen LogP contribution in [-0.2, 0) is 35.5 Å². The molecule has 2 aromatic heterocycles. The number of nitrogens with zero attached hydrogens (tertiary/aromatic N) is 5. The number of alkyl carbamates (subject to hydrolysis) is 1. The van der Waals surface area contributed by atoms with Gasteiger partial charge in [0, 0.05) is 43.2 Å². The Kier molecular flexibility index (Phi) is 15.0. The van der Waals surface area contributed by atoms with Gasteiger partial charge in [-0.1, -0.05) is 74.5 Å². The molecule has 0 unspecified atom stereocenters. The van der Waals surface area contributed by atoms with Gasteiger partial charge in [0.15, 0.2) is 0 Å². The van der Waals surface area contributed by atoms with E-state index in [1.165, 1.54) is 11.3 Å². The molecule has 1 aliphatic heterocycles. The number of hydrogen-bond acceptors (Lipinski definition) is 11. The minimum absolute atomic E-state index is 0.144. The van der Waals surface area contributed by atoms with Crippen molar-refractivity contribution in [2.75, 3.05) is 20.3 Å². The molecule has 3 heterocycles. The molecule has 5 rings (SSSR count). The van der Waals surface area contributed by atoms with Gasteiger partial charge >= 0.3 is 12.1 Å². The highest BCUT2D eigenvalue weighted by Gasteiger charge is 2.27. The van der Waals surface area contributed by atoms with Crippen LogP contribution in [0.2, 0.25) is 0 Å². The molecule has 3 atom stereocenters. The number of benzene rings is 2. The molecule has 0 radical (unpaired) electrons. The summed E-state index contributed by atoms with van der Waals surface area (Å²) in [5, 5.41) is 16.4. The molecule has 15 heteroatoms. The zero-order chi connectivity index (χ0) is 37.4. The predicted octanol–water partition coefficient (Wildman–Crippen LogP) is 5.47. The van der Waals surface area contributed by atoms with E-state index in [1.54, 1.807) is 41.3 Å². The van der Waals surface area contributed by atoms with Gasteiger partial charge in [0.1, 0.15) is 25.7 Å². The normalized spacial score (nSPS) is 13.9. The van der Waals surface area contributed by atoms with Crippen molar-refractivity contribution in [1.82, 2.24) is 41.1 Å². The highest BCUT2D eigenvalue weighted by atomic mass is 32.1. The fraction of sp³-hybridized carbons (Fsp3) is 0.421. The van der Waals surface area contributed by atoms with Crippen LogP contribution >= 0.6 is 22.7 Å². The van der Waals surface area contributed by atoms with Gasteiger partial charge in [-0.2, -0.15) is 5.10 Å². The van der Waals surface area contributed by atoms with Crippen molar-refractivity contribution >= 4 is 47.0 Å². The van der Waals surface area contributed by atoms with Crippen molar-refractivity contribution in [2.45, 2.75) is 83.1 Å². The summed E-state index contributed by atoms with van der Waals surface area (Å²) < 4.78 is 5.51. The molecule has 0 spiro atoms. The monoisotopic (exact) mass is 759 g/mol. The van der Waals surface area contributed by atoms with Gasteiger partial charge in [-0.15, -0.1) is 22.7 Å². The molecule has 0 saturated carbocycles. The van der Waals surface area contributed by atoms with Crippen molar-refractivity contribution in [3.63, 3.8) is 0 Å². The fourth-order valence-corrected chi connectivity index (χ4v) is 7.17. The number of amides is 4. The number of urea groups is 1. The van der Waals surface area contributed by atoms with E-state index in [-0.39, 0.29) is 30.6 Å². The Balaban J connectivity index is 1.27. The van der Waals surface area contributed by atoms with E-state index in [0.29, 0.717) is 57.8 Å². The van der Waals surface area contributed by atoms with Gasteiger partial charge < -0.3 is 30.5 Å². The molecule has 0 saturated heterocycles. The number of hydrazone groups is 1. The number of nitrogens with one attached hydrogen (secondary N) is 4. The maximum Gasteiger partial charge on any atom is 0.407 e. The van der Waals surface area contributed by atoms with Gasteiger partial charge in [-0.3, -0.25) is 15.2 Å². The number of carbonyl (C=O) groups excluding carboxylic acids is 3. The van der Waals surface area contributed by atoms with Crippen molar-refractivity contribution in [1.29, 1.82) is 0 Å².